The zero-order valence-electron chi connectivity index (χ0n) is 19.7. The summed E-state index contributed by atoms with van der Waals surface area (Å²) in [6, 6.07) is 10.6. The van der Waals surface area contributed by atoms with E-state index in [4.69, 9.17) is 14.2 Å². The Kier molecular flexibility index (Phi) is 7.63. The number of fused-ring (bicyclic) bond motifs is 1. The van der Waals surface area contributed by atoms with Gasteiger partial charge in [0.15, 0.2) is 11.5 Å². The molecule has 0 unspecified atom stereocenters. The summed E-state index contributed by atoms with van der Waals surface area (Å²) in [4.78, 5) is 14.5. The summed E-state index contributed by atoms with van der Waals surface area (Å²) in [6.45, 7) is 6.38. The first-order chi connectivity index (χ1) is 16.3. The van der Waals surface area contributed by atoms with E-state index in [9.17, 15) is 13.2 Å². The Morgan fingerprint density at radius 2 is 1.76 bits per heavy atom. The maximum absolute atomic E-state index is 12.7. The highest BCUT2D eigenvalue weighted by atomic mass is 32.2. The maximum Gasteiger partial charge on any atom is 0.240 e. The number of likely N-dealkylation sites (tertiary alicyclic amines) is 1. The van der Waals surface area contributed by atoms with Gasteiger partial charge in [0.1, 0.15) is 11.9 Å². The van der Waals surface area contributed by atoms with Gasteiger partial charge in [-0.3, -0.25) is 4.79 Å². The molecule has 9 heteroatoms. The van der Waals surface area contributed by atoms with E-state index in [-0.39, 0.29) is 29.9 Å². The van der Waals surface area contributed by atoms with Crippen molar-refractivity contribution >= 4 is 15.9 Å². The number of rotatable bonds is 7. The minimum Gasteiger partial charge on any atom is -0.490 e. The van der Waals surface area contributed by atoms with Crippen LogP contribution in [0.1, 0.15) is 36.8 Å². The fraction of sp³-hybridized carbons (Fsp3) is 0.480. The number of carbonyl (C=O) groups is 1. The second kappa shape index (κ2) is 10.7. The molecule has 1 amide bonds. The number of amides is 1. The number of nitrogens with one attached hydrogen (secondary N) is 1. The zero-order chi connectivity index (χ0) is 24.1. The molecule has 0 atom stereocenters. The molecule has 0 aromatic heterocycles. The molecule has 1 saturated heterocycles. The predicted octanol–water partition coefficient (Wildman–Crippen LogP) is 3.20. The molecule has 2 aliphatic rings. The lowest BCUT2D eigenvalue weighted by atomic mass is 10.1. The Morgan fingerprint density at radius 3 is 2.50 bits per heavy atom. The number of piperidine rings is 1. The van der Waals surface area contributed by atoms with E-state index in [0.717, 1.165) is 25.0 Å². The normalized spacial score (nSPS) is 16.7. The van der Waals surface area contributed by atoms with Crippen molar-refractivity contribution in [3.05, 3.63) is 47.5 Å². The minimum atomic E-state index is -3.76. The Morgan fingerprint density at radius 1 is 1.03 bits per heavy atom. The van der Waals surface area contributed by atoms with Crippen LogP contribution in [0.25, 0.3) is 0 Å². The van der Waals surface area contributed by atoms with Crippen molar-refractivity contribution in [2.24, 2.45) is 0 Å². The van der Waals surface area contributed by atoms with Crippen LogP contribution >= 0.6 is 0 Å². The van der Waals surface area contributed by atoms with Crippen LogP contribution in [0.4, 0.5) is 0 Å². The highest BCUT2D eigenvalue weighted by molar-refractivity contribution is 7.89. The van der Waals surface area contributed by atoms with E-state index in [1.807, 2.05) is 12.1 Å². The smallest absolute Gasteiger partial charge is 0.240 e. The fourth-order valence-electron chi connectivity index (χ4n) is 4.05. The average Bonchev–Trinajstić information content (AvgIpc) is 3.07. The SMILES string of the molecule is Cc1ccc(OC2CCN(C(=O)CCNS(=O)(=O)c3ccc4c(c3)OCCCO4)CC2)cc1C. The summed E-state index contributed by atoms with van der Waals surface area (Å²) in [6.07, 6.45) is 2.42. The number of aryl methyl sites for hydroxylation is 2. The van der Waals surface area contributed by atoms with Crippen LogP contribution < -0.4 is 18.9 Å². The molecule has 1 N–H and O–H groups in total. The Hall–Kier alpha value is -2.78. The second-order valence-electron chi connectivity index (χ2n) is 8.75. The van der Waals surface area contributed by atoms with Crippen LogP contribution in [-0.2, 0) is 14.8 Å². The van der Waals surface area contributed by atoms with Gasteiger partial charge in [0.05, 0.1) is 18.1 Å². The van der Waals surface area contributed by atoms with E-state index < -0.39 is 10.0 Å². The van der Waals surface area contributed by atoms with Gasteiger partial charge >= 0.3 is 0 Å². The lowest BCUT2D eigenvalue weighted by Gasteiger charge is -2.32. The molecule has 0 bridgehead atoms. The zero-order valence-corrected chi connectivity index (χ0v) is 20.5. The van der Waals surface area contributed by atoms with Crippen LogP contribution in [0, 0.1) is 13.8 Å². The van der Waals surface area contributed by atoms with Gasteiger partial charge in [0, 0.05) is 51.4 Å². The van der Waals surface area contributed by atoms with Crippen molar-refractivity contribution in [1.29, 1.82) is 0 Å². The number of benzene rings is 2. The fourth-order valence-corrected chi connectivity index (χ4v) is 5.09. The molecule has 2 aromatic carbocycles. The van der Waals surface area contributed by atoms with Crippen LogP contribution in [0.3, 0.4) is 0 Å². The highest BCUT2D eigenvalue weighted by Crippen LogP contribution is 2.31. The first-order valence-corrected chi connectivity index (χ1v) is 13.2. The molecule has 184 valence electrons. The number of hydrogen-bond donors (Lipinski definition) is 1. The summed E-state index contributed by atoms with van der Waals surface area (Å²) >= 11 is 0. The third-order valence-electron chi connectivity index (χ3n) is 6.24. The summed E-state index contributed by atoms with van der Waals surface area (Å²) in [5, 5.41) is 0. The van der Waals surface area contributed by atoms with E-state index >= 15 is 0 Å². The van der Waals surface area contributed by atoms with Crippen molar-refractivity contribution in [2.75, 3.05) is 32.8 Å². The summed E-state index contributed by atoms with van der Waals surface area (Å²) in [7, 11) is -3.76. The molecule has 4 rings (SSSR count). The second-order valence-corrected chi connectivity index (χ2v) is 10.5. The molecular weight excluding hydrogens is 456 g/mol. The summed E-state index contributed by atoms with van der Waals surface area (Å²) < 4.78 is 45.1. The van der Waals surface area contributed by atoms with E-state index in [1.54, 1.807) is 11.0 Å². The van der Waals surface area contributed by atoms with Crippen molar-refractivity contribution in [1.82, 2.24) is 9.62 Å². The van der Waals surface area contributed by atoms with Gasteiger partial charge in [-0.15, -0.1) is 0 Å². The van der Waals surface area contributed by atoms with Gasteiger partial charge in [0.2, 0.25) is 15.9 Å². The Labute approximate surface area is 201 Å². The predicted molar refractivity (Wildman–Crippen MR) is 128 cm³/mol. The van der Waals surface area contributed by atoms with Gasteiger partial charge in [-0.2, -0.15) is 0 Å². The molecule has 1 fully saturated rings. The molecule has 0 aliphatic carbocycles. The number of carbonyl (C=O) groups excluding carboxylic acids is 1. The van der Waals surface area contributed by atoms with E-state index in [0.29, 0.717) is 37.8 Å². The Bertz CT molecular complexity index is 1130. The molecule has 8 nitrogen and oxygen atoms in total. The van der Waals surface area contributed by atoms with Crippen molar-refractivity contribution < 1.29 is 27.4 Å². The van der Waals surface area contributed by atoms with Gasteiger partial charge in [0.25, 0.3) is 0 Å². The molecule has 2 aliphatic heterocycles. The summed E-state index contributed by atoms with van der Waals surface area (Å²) in [5.41, 5.74) is 2.42. The van der Waals surface area contributed by atoms with Gasteiger partial charge in [-0.1, -0.05) is 6.07 Å². The number of ether oxygens (including phenoxy) is 3. The first-order valence-electron chi connectivity index (χ1n) is 11.7. The summed E-state index contributed by atoms with van der Waals surface area (Å²) in [5.74, 6) is 1.75. The van der Waals surface area contributed by atoms with Crippen molar-refractivity contribution in [2.45, 2.75) is 50.5 Å². The minimum absolute atomic E-state index is 0.0364. The number of sulfonamides is 1. The lowest BCUT2D eigenvalue weighted by molar-refractivity contribution is -0.132. The molecule has 2 aromatic rings. The molecular formula is C25H32N2O6S. The monoisotopic (exact) mass is 488 g/mol. The molecule has 0 spiro atoms. The van der Waals surface area contributed by atoms with Crippen LogP contribution in [-0.4, -0.2) is 58.2 Å². The van der Waals surface area contributed by atoms with E-state index in [2.05, 4.69) is 24.6 Å². The van der Waals surface area contributed by atoms with Gasteiger partial charge < -0.3 is 19.1 Å². The van der Waals surface area contributed by atoms with Crippen LogP contribution in [0.5, 0.6) is 17.2 Å². The number of hydrogen-bond acceptors (Lipinski definition) is 6. The largest absolute Gasteiger partial charge is 0.490 e. The molecule has 34 heavy (non-hydrogen) atoms. The molecule has 2 heterocycles. The van der Waals surface area contributed by atoms with Crippen LogP contribution in [0.2, 0.25) is 0 Å². The van der Waals surface area contributed by atoms with Gasteiger partial charge in [-0.05, 0) is 49.2 Å². The Balaban J connectivity index is 1.23. The van der Waals surface area contributed by atoms with Crippen LogP contribution in [0.15, 0.2) is 41.3 Å². The molecule has 0 saturated carbocycles. The first kappa shape index (κ1) is 24.3. The van der Waals surface area contributed by atoms with Gasteiger partial charge in [-0.25, -0.2) is 13.1 Å². The highest BCUT2D eigenvalue weighted by Gasteiger charge is 2.25. The van der Waals surface area contributed by atoms with Crippen molar-refractivity contribution in [3.63, 3.8) is 0 Å². The maximum atomic E-state index is 12.7. The van der Waals surface area contributed by atoms with Crippen molar-refractivity contribution in [3.8, 4) is 17.2 Å². The molecule has 0 radical (unpaired) electrons. The standard InChI is InChI=1S/C25H32N2O6S/c1-18-4-5-21(16-19(18)2)33-20-9-12-27(13-10-20)25(28)8-11-26-34(29,30)22-6-7-23-24(17-22)32-15-3-14-31-23/h4-7,16-17,20,26H,3,8-15H2,1-2H3. The average molecular weight is 489 g/mol. The van der Waals surface area contributed by atoms with E-state index in [1.165, 1.54) is 23.3 Å². The topological polar surface area (TPSA) is 94.2 Å². The third-order valence-corrected chi connectivity index (χ3v) is 7.69. The quantitative estimate of drug-likeness (QED) is 0.643. The third kappa shape index (κ3) is 6.01. The number of nitrogens with zero attached hydrogens (tertiary/aromatic N) is 1. The lowest BCUT2D eigenvalue weighted by Crippen LogP contribution is -2.42.